The first-order chi connectivity index (χ1) is 12.9. The lowest BCUT2D eigenvalue weighted by Gasteiger charge is -2.23. The highest BCUT2D eigenvalue weighted by molar-refractivity contribution is 7.89. The molecule has 1 aromatic heterocycles. The van der Waals surface area contributed by atoms with E-state index in [1.807, 2.05) is 6.92 Å². The molecule has 0 bridgehead atoms. The minimum absolute atomic E-state index is 0.122. The fourth-order valence-corrected chi connectivity index (χ4v) is 4.51. The summed E-state index contributed by atoms with van der Waals surface area (Å²) in [4.78, 5) is 25.3. The number of aromatic nitrogens is 1. The van der Waals surface area contributed by atoms with Gasteiger partial charge in [0.25, 0.3) is 0 Å². The molecule has 8 heteroatoms. The van der Waals surface area contributed by atoms with Crippen molar-refractivity contribution < 1.29 is 22.7 Å². The van der Waals surface area contributed by atoms with E-state index in [4.69, 9.17) is 4.74 Å². The second-order valence-corrected chi connectivity index (χ2v) is 8.86. The largest absolute Gasteiger partial charge is 0.464 e. The van der Waals surface area contributed by atoms with Gasteiger partial charge in [-0.1, -0.05) is 17.7 Å². The van der Waals surface area contributed by atoms with Gasteiger partial charge in [-0.3, -0.25) is 4.79 Å². The number of aryl methyl sites for hydroxylation is 1. The van der Waals surface area contributed by atoms with Gasteiger partial charge < -0.3 is 9.30 Å². The van der Waals surface area contributed by atoms with Crippen LogP contribution in [-0.2, 0) is 21.8 Å². The van der Waals surface area contributed by atoms with Crippen molar-refractivity contribution in [3.63, 3.8) is 0 Å². The van der Waals surface area contributed by atoms with E-state index in [-0.39, 0.29) is 16.4 Å². The van der Waals surface area contributed by atoms with Gasteiger partial charge in [0.1, 0.15) is 5.69 Å². The molecule has 0 N–H and O–H groups in total. The second kappa shape index (κ2) is 7.89. The number of benzene rings is 1. The standard InChI is InChI=1S/C20H26N2O5S/c1-12-8-10-16(11-9-12)28(25,26)22(6)15(4)19(23)17-13(2)18(20(24)27-7)21(5)14(17)3/h8-11,15H,1-7H3. The van der Waals surface area contributed by atoms with E-state index in [0.717, 1.165) is 9.87 Å². The van der Waals surface area contributed by atoms with Gasteiger partial charge in [0.15, 0.2) is 5.78 Å². The van der Waals surface area contributed by atoms with Crippen molar-refractivity contribution in [2.24, 2.45) is 7.05 Å². The molecule has 0 fully saturated rings. The van der Waals surface area contributed by atoms with Gasteiger partial charge in [0.05, 0.1) is 18.0 Å². The summed E-state index contributed by atoms with van der Waals surface area (Å²) >= 11 is 0. The molecule has 1 unspecified atom stereocenters. The number of nitrogens with zero attached hydrogens (tertiary/aromatic N) is 2. The third kappa shape index (κ3) is 3.62. The van der Waals surface area contributed by atoms with Crippen LogP contribution in [0.4, 0.5) is 0 Å². The lowest BCUT2D eigenvalue weighted by atomic mass is 10.0. The lowest BCUT2D eigenvalue weighted by Crippen LogP contribution is -2.40. The quantitative estimate of drug-likeness (QED) is 0.544. The second-order valence-electron chi connectivity index (χ2n) is 6.86. The van der Waals surface area contributed by atoms with Gasteiger partial charge in [-0.2, -0.15) is 4.31 Å². The van der Waals surface area contributed by atoms with Gasteiger partial charge in [-0.15, -0.1) is 0 Å². The van der Waals surface area contributed by atoms with Crippen molar-refractivity contribution in [1.82, 2.24) is 8.87 Å². The molecule has 0 aliphatic carbocycles. The summed E-state index contributed by atoms with van der Waals surface area (Å²) in [5, 5.41) is 0. The van der Waals surface area contributed by atoms with Crippen LogP contribution in [0.25, 0.3) is 0 Å². The molecule has 7 nitrogen and oxygen atoms in total. The average molecular weight is 407 g/mol. The van der Waals surface area contributed by atoms with E-state index >= 15 is 0 Å². The van der Waals surface area contributed by atoms with Crippen LogP contribution in [-0.4, -0.2) is 49.2 Å². The van der Waals surface area contributed by atoms with E-state index in [9.17, 15) is 18.0 Å². The Labute approximate surface area is 166 Å². The number of carbonyl (C=O) groups excluding carboxylic acids is 2. The summed E-state index contributed by atoms with van der Waals surface area (Å²) in [6.07, 6.45) is 0. The van der Waals surface area contributed by atoms with E-state index in [1.54, 1.807) is 37.6 Å². The molecule has 2 rings (SSSR count). The van der Waals surface area contributed by atoms with Gasteiger partial charge >= 0.3 is 5.97 Å². The Morgan fingerprint density at radius 1 is 1.11 bits per heavy atom. The maximum absolute atomic E-state index is 13.2. The van der Waals surface area contributed by atoms with E-state index in [2.05, 4.69) is 0 Å². The molecule has 0 saturated heterocycles. The fourth-order valence-electron chi connectivity index (χ4n) is 3.19. The topological polar surface area (TPSA) is 85.7 Å². The van der Waals surface area contributed by atoms with E-state index < -0.39 is 22.0 Å². The maximum atomic E-state index is 13.2. The zero-order chi connectivity index (χ0) is 21.4. The van der Waals surface area contributed by atoms with Crippen LogP contribution < -0.4 is 0 Å². The third-order valence-corrected chi connectivity index (χ3v) is 7.12. The number of methoxy groups -OCH3 is 1. The van der Waals surface area contributed by atoms with Gasteiger partial charge in [0.2, 0.25) is 10.0 Å². The highest BCUT2D eigenvalue weighted by Crippen LogP contribution is 2.26. The number of rotatable bonds is 6. The highest BCUT2D eigenvalue weighted by Gasteiger charge is 2.34. The van der Waals surface area contributed by atoms with E-state index in [0.29, 0.717) is 16.8 Å². The summed E-state index contributed by atoms with van der Waals surface area (Å²) in [6, 6.07) is 5.51. The number of likely N-dealkylation sites (N-methyl/N-ethyl adjacent to an activating group) is 1. The summed E-state index contributed by atoms with van der Waals surface area (Å²) in [5.74, 6) is -0.922. The molecule has 2 aromatic rings. The lowest BCUT2D eigenvalue weighted by molar-refractivity contribution is 0.0588. The molecule has 0 saturated carbocycles. The first-order valence-electron chi connectivity index (χ1n) is 8.78. The fraction of sp³-hybridized carbons (Fsp3) is 0.400. The Morgan fingerprint density at radius 3 is 2.14 bits per heavy atom. The number of hydrogen-bond donors (Lipinski definition) is 0. The highest BCUT2D eigenvalue weighted by atomic mass is 32.2. The summed E-state index contributed by atoms with van der Waals surface area (Å²) in [5.41, 5.74) is 2.61. The molecule has 0 radical (unpaired) electrons. The predicted octanol–water partition coefficient (Wildman–Crippen LogP) is 2.63. The van der Waals surface area contributed by atoms with Crippen molar-refractivity contribution >= 4 is 21.8 Å². The number of Topliss-reactive ketones (excluding diaryl/α,β-unsaturated/α-hetero) is 1. The van der Waals surface area contributed by atoms with Crippen molar-refractivity contribution in [2.75, 3.05) is 14.2 Å². The number of ketones is 1. The summed E-state index contributed by atoms with van der Waals surface area (Å²) in [6.45, 7) is 6.78. The van der Waals surface area contributed by atoms with E-state index in [1.165, 1.54) is 33.2 Å². The maximum Gasteiger partial charge on any atom is 0.354 e. The Kier molecular flexibility index (Phi) is 6.15. The molecule has 0 amide bonds. The predicted molar refractivity (Wildman–Crippen MR) is 106 cm³/mol. The molecule has 1 atom stereocenters. The number of carbonyl (C=O) groups is 2. The van der Waals surface area contributed by atoms with Crippen molar-refractivity contribution in [2.45, 2.75) is 38.6 Å². The Morgan fingerprint density at radius 2 is 1.64 bits per heavy atom. The molecule has 152 valence electrons. The molecular formula is C20H26N2O5S. The van der Waals surface area contributed by atoms with Crippen molar-refractivity contribution in [3.8, 4) is 0 Å². The summed E-state index contributed by atoms with van der Waals surface area (Å²) < 4.78 is 33.3. The Bertz CT molecular complexity index is 1020. The zero-order valence-electron chi connectivity index (χ0n) is 17.2. The van der Waals surface area contributed by atoms with Crippen molar-refractivity contribution in [3.05, 3.63) is 52.3 Å². The molecular weight excluding hydrogens is 380 g/mol. The van der Waals surface area contributed by atoms with Crippen LogP contribution in [0.5, 0.6) is 0 Å². The molecule has 1 heterocycles. The Hall–Kier alpha value is -2.45. The van der Waals surface area contributed by atoms with Crippen LogP contribution in [0.2, 0.25) is 0 Å². The molecule has 1 aromatic carbocycles. The molecule has 0 aliphatic rings. The minimum Gasteiger partial charge on any atom is -0.464 e. The number of hydrogen-bond acceptors (Lipinski definition) is 5. The SMILES string of the molecule is COC(=O)c1c(C)c(C(=O)C(C)N(C)S(=O)(=O)c2ccc(C)cc2)c(C)n1C. The first-order valence-corrected chi connectivity index (χ1v) is 10.2. The number of ether oxygens (including phenoxy) is 1. The smallest absolute Gasteiger partial charge is 0.354 e. The van der Waals surface area contributed by atoms with Crippen LogP contribution >= 0.6 is 0 Å². The number of sulfonamides is 1. The Balaban J connectivity index is 2.44. The van der Waals surface area contributed by atoms with Crippen LogP contribution in [0.15, 0.2) is 29.2 Å². The van der Waals surface area contributed by atoms with Crippen LogP contribution in [0, 0.1) is 20.8 Å². The minimum atomic E-state index is -3.84. The number of esters is 1. The summed E-state index contributed by atoms with van der Waals surface area (Å²) in [7, 11) is 0.481. The van der Waals surface area contributed by atoms with Crippen LogP contribution in [0.1, 0.15) is 44.6 Å². The average Bonchev–Trinajstić information content (AvgIpc) is 2.88. The molecule has 0 aliphatic heterocycles. The monoisotopic (exact) mass is 406 g/mol. The normalized spacial score (nSPS) is 12.9. The molecule has 28 heavy (non-hydrogen) atoms. The van der Waals surface area contributed by atoms with Gasteiger partial charge in [0, 0.05) is 25.4 Å². The van der Waals surface area contributed by atoms with Gasteiger partial charge in [-0.05, 0) is 45.4 Å². The van der Waals surface area contributed by atoms with Crippen molar-refractivity contribution in [1.29, 1.82) is 0 Å². The third-order valence-electron chi connectivity index (χ3n) is 5.18. The zero-order valence-corrected chi connectivity index (χ0v) is 18.0. The van der Waals surface area contributed by atoms with Crippen LogP contribution in [0.3, 0.4) is 0 Å². The molecule has 0 spiro atoms. The first kappa shape index (κ1) is 21.8. The van der Waals surface area contributed by atoms with Gasteiger partial charge in [-0.25, -0.2) is 13.2 Å².